The number of nitrogens with zero attached hydrogens (tertiary/aromatic N) is 2. The third-order valence-electron chi connectivity index (χ3n) is 2.98. The molecule has 0 spiro atoms. The van der Waals surface area contributed by atoms with Crippen molar-refractivity contribution in [2.45, 2.75) is 20.0 Å². The predicted octanol–water partition coefficient (Wildman–Crippen LogP) is 3.68. The third-order valence-corrected chi connectivity index (χ3v) is 3.32. The molecule has 18 heavy (non-hydrogen) atoms. The lowest BCUT2D eigenvalue weighted by atomic mass is 10.1. The molecule has 0 aliphatic carbocycles. The highest BCUT2D eigenvalue weighted by atomic mass is 35.5. The molecule has 3 heteroatoms. The molecule has 0 saturated carbocycles. The van der Waals surface area contributed by atoms with Crippen molar-refractivity contribution in [2.75, 3.05) is 7.05 Å². The Morgan fingerprint density at radius 1 is 1.06 bits per heavy atom. The number of benzene rings is 1. The summed E-state index contributed by atoms with van der Waals surface area (Å²) in [6.07, 6.45) is 1.72. The topological polar surface area (TPSA) is 16.1 Å². The van der Waals surface area contributed by atoms with Crippen LogP contribution < -0.4 is 0 Å². The number of pyridine rings is 1. The average Bonchev–Trinajstić information content (AvgIpc) is 2.35. The Morgan fingerprint density at radius 3 is 2.44 bits per heavy atom. The number of aryl methyl sites for hydroxylation is 1. The minimum Gasteiger partial charge on any atom is -0.298 e. The van der Waals surface area contributed by atoms with E-state index in [-0.39, 0.29) is 0 Å². The van der Waals surface area contributed by atoms with E-state index >= 15 is 0 Å². The van der Waals surface area contributed by atoms with E-state index in [0.29, 0.717) is 5.15 Å². The summed E-state index contributed by atoms with van der Waals surface area (Å²) in [6, 6.07) is 12.4. The molecular weight excluding hydrogens is 244 g/mol. The molecule has 2 rings (SSSR count). The lowest BCUT2D eigenvalue weighted by molar-refractivity contribution is 0.318. The Labute approximate surface area is 113 Å². The van der Waals surface area contributed by atoms with Gasteiger partial charge in [0.15, 0.2) is 0 Å². The Kier molecular flexibility index (Phi) is 4.34. The number of halogens is 1. The average molecular weight is 261 g/mol. The van der Waals surface area contributed by atoms with Crippen LogP contribution in [-0.4, -0.2) is 16.9 Å². The fraction of sp³-hybridized carbons (Fsp3) is 0.267. The molecule has 1 heterocycles. The van der Waals surface area contributed by atoms with Crippen LogP contribution in [0, 0.1) is 6.92 Å². The van der Waals surface area contributed by atoms with E-state index in [1.807, 2.05) is 12.1 Å². The SMILES string of the molecule is Cc1ccccc1CN(C)Cc1cccnc1Cl. The maximum Gasteiger partial charge on any atom is 0.133 e. The molecule has 94 valence electrons. The van der Waals surface area contributed by atoms with Crippen LogP contribution in [-0.2, 0) is 13.1 Å². The van der Waals surface area contributed by atoms with Crippen LogP contribution in [0.15, 0.2) is 42.6 Å². The molecule has 0 atom stereocenters. The highest BCUT2D eigenvalue weighted by Crippen LogP contribution is 2.16. The van der Waals surface area contributed by atoms with Crippen molar-refractivity contribution in [1.29, 1.82) is 0 Å². The minimum atomic E-state index is 0.592. The molecule has 0 bridgehead atoms. The van der Waals surface area contributed by atoms with Gasteiger partial charge < -0.3 is 0 Å². The summed E-state index contributed by atoms with van der Waals surface area (Å²) in [4.78, 5) is 6.34. The van der Waals surface area contributed by atoms with Gasteiger partial charge >= 0.3 is 0 Å². The fourth-order valence-corrected chi connectivity index (χ4v) is 2.14. The van der Waals surface area contributed by atoms with Crippen LogP contribution in [0.1, 0.15) is 16.7 Å². The van der Waals surface area contributed by atoms with Gasteiger partial charge in [-0.1, -0.05) is 41.9 Å². The first-order valence-electron chi connectivity index (χ1n) is 5.99. The predicted molar refractivity (Wildman–Crippen MR) is 75.6 cm³/mol. The number of rotatable bonds is 4. The van der Waals surface area contributed by atoms with Gasteiger partial charge in [-0.05, 0) is 31.2 Å². The van der Waals surface area contributed by atoms with E-state index < -0.39 is 0 Å². The molecule has 0 N–H and O–H groups in total. The Morgan fingerprint density at radius 2 is 1.72 bits per heavy atom. The van der Waals surface area contributed by atoms with Gasteiger partial charge in [-0.15, -0.1) is 0 Å². The molecule has 0 unspecified atom stereocenters. The highest BCUT2D eigenvalue weighted by molar-refractivity contribution is 6.30. The maximum atomic E-state index is 6.06. The summed E-state index contributed by atoms with van der Waals surface area (Å²) >= 11 is 6.06. The molecule has 0 fully saturated rings. The van der Waals surface area contributed by atoms with Crippen molar-refractivity contribution >= 4 is 11.6 Å². The third kappa shape index (κ3) is 3.31. The monoisotopic (exact) mass is 260 g/mol. The van der Waals surface area contributed by atoms with Gasteiger partial charge in [0.05, 0.1) is 0 Å². The van der Waals surface area contributed by atoms with Crippen molar-refractivity contribution < 1.29 is 0 Å². The van der Waals surface area contributed by atoms with E-state index in [4.69, 9.17) is 11.6 Å². The van der Waals surface area contributed by atoms with Crippen LogP contribution in [0.3, 0.4) is 0 Å². The van der Waals surface area contributed by atoms with E-state index in [0.717, 1.165) is 18.7 Å². The van der Waals surface area contributed by atoms with Crippen molar-refractivity contribution in [3.05, 3.63) is 64.4 Å². The van der Waals surface area contributed by atoms with Crippen molar-refractivity contribution in [1.82, 2.24) is 9.88 Å². The van der Waals surface area contributed by atoms with E-state index in [2.05, 4.69) is 48.1 Å². The summed E-state index contributed by atoms with van der Waals surface area (Å²) in [5.74, 6) is 0. The second kappa shape index (κ2) is 5.98. The van der Waals surface area contributed by atoms with Crippen molar-refractivity contribution in [2.24, 2.45) is 0 Å². The fourth-order valence-electron chi connectivity index (χ4n) is 1.96. The Bertz CT molecular complexity index is 478. The second-order valence-electron chi connectivity index (χ2n) is 4.55. The lowest BCUT2D eigenvalue weighted by Gasteiger charge is -2.18. The largest absolute Gasteiger partial charge is 0.298 e. The van der Waals surface area contributed by atoms with Crippen molar-refractivity contribution in [3.63, 3.8) is 0 Å². The normalized spacial score (nSPS) is 10.9. The molecular formula is C15H17ClN2. The molecule has 0 aliphatic rings. The zero-order valence-corrected chi connectivity index (χ0v) is 11.5. The number of hydrogen-bond acceptors (Lipinski definition) is 2. The van der Waals surface area contributed by atoms with Gasteiger partial charge in [0.2, 0.25) is 0 Å². The summed E-state index contributed by atoms with van der Waals surface area (Å²) < 4.78 is 0. The smallest absolute Gasteiger partial charge is 0.133 e. The lowest BCUT2D eigenvalue weighted by Crippen LogP contribution is -2.18. The first kappa shape index (κ1) is 13.1. The van der Waals surface area contributed by atoms with Crippen LogP contribution >= 0.6 is 11.6 Å². The van der Waals surface area contributed by atoms with Gasteiger partial charge in [0.25, 0.3) is 0 Å². The Hall–Kier alpha value is -1.38. The van der Waals surface area contributed by atoms with Crippen LogP contribution in [0.25, 0.3) is 0 Å². The van der Waals surface area contributed by atoms with Gasteiger partial charge in [-0.3, -0.25) is 4.90 Å². The van der Waals surface area contributed by atoms with Gasteiger partial charge in [-0.2, -0.15) is 0 Å². The van der Waals surface area contributed by atoms with Gasteiger partial charge in [0, 0.05) is 24.8 Å². The second-order valence-corrected chi connectivity index (χ2v) is 4.91. The number of hydrogen-bond donors (Lipinski definition) is 0. The van der Waals surface area contributed by atoms with Gasteiger partial charge in [-0.25, -0.2) is 4.98 Å². The molecule has 0 radical (unpaired) electrons. The van der Waals surface area contributed by atoms with Crippen LogP contribution in [0.4, 0.5) is 0 Å². The minimum absolute atomic E-state index is 0.592. The standard InChI is InChI=1S/C15H17ClN2/c1-12-6-3-4-7-13(12)10-18(2)11-14-8-5-9-17-15(14)16/h3-9H,10-11H2,1-2H3. The molecule has 0 aliphatic heterocycles. The summed E-state index contributed by atoms with van der Waals surface area (Å²) in [7, 11) is 2.09. The number of aromatic nitrogens is 1. The molecule has 2 aromatic rings. The first-order chi connectivity index (χ1) is 8.66. The molecule has 0 amide bonds. The van der Waals surface area contributed by atoms with Crippen LogP contribution in [0.2, 0.25) is 5.15 Å². The maximum absolute atomic E-state index is 6.06. The highest BCUT2D eigenvalue weighted by Gasteiger charge is 2.06. The van der Waals surface area contributed by atoms with E-state index in [9.17, 15) is 0 Å². The molecule has 0 saturated heterocycles. The zero-order chi connectivity index (χ0) is 13.0. The quantitative estimate of drug-likeness (QED) is 0.780. The molecule has 2 nitrogen and oxygen atoms in total. The Balaban J connectivity index is 2.04. The van der Waals surface area contributed by atoms with Crippen molar-refractivity contribution in [3.8, 4) is 0 Å². The van der Waals surface area contributed by atoms with Gasteiger partial charge in [0.1, 0.15) is 5.15 Å². The summed E-state index contributed by atoms with van der Waals surface area (Å²) in [5, 5.41) is 0.592. The summed E-state index contributed by atoms with van der Waals surface area (Å²) in [6.45, 7) is 3.86. The van der Waals surface area contributed by atoms with E-state index in [1.54, 1.807) is 6.20 Å². The van der Waals surface area contributed by atoms with Crippen LogP contribution in [0.5, 0.6) is 0 Å². The zero-order valence-electron chi connectivity index (χ0n) is 10.7. The first-order valence-corrected chi connectivity index (χ1v) is 6.37. The molecule has 1 aromatic carbocycles. The molecule has 1 aromatic heterocycles. The summed E-state index contributed by atoms with van der Waals surface area (Å²) in [5.41, 5.74) is 3.73. The van der Waals surface area contributed by atoms with E-state index in [1.165, 1.54) is 11.1 Å².